The maximum atomic E-state index is 10.5. The quantitative estimate of drug-likeness (QED) is 0.345. The van der Waals surface area contributed by atoms with Crippen LogP contribution < -0.4 is 0 Å². The highest BCUT2D eigenvalue weighted by atomic mass is 16.5. The predicted molar refractivity (Wildman–Crippen MR) is 103 cm³/mol. The van der Waals surface area contributed by atoms with Crippen molar-refractivity contribution in [2.75, 3.05) is 0 Å². The van der Waals surface area contributed by atoms with E-state index in [-0.39, 0.29) is 0 Å². The molecule has 3 nitrogen and oxygen atoms in total. The molecule has 0 aromatic heterocycles. The van der Waals surface area contributed by atoms with Crippen molar-refractivity contribution in [2.45, 2.75) is 64.4 Å². The maximum Gasteiger partial charge on any atom is 0.328 e. The highest BCUT2D eigenvalue weighted by Crippen LogP contribution is 2.30. The Bertz CT molecular complexity index is 563. The zero-order valence-corrected chi connectivity index (χ0v) is 15.2. The largest absolute Gasteiger partial charge is 0.498 e. The van der Waals surface area contributed by atoms with Crippen molar-refractivity contribution < 1.29 is 14.6 Å². The molecular weight excluding hydrogens is 312 g/mol. The number of ether oxygens (including phenoxy) is 1. The summed E-state index contributed by atoms with van der Waals surface area (Å²) in [6.45, 7) is 2.26. The average molecular weight is 342 g/mol. The summed E-state index contributed by atoms with van der Waals surface area (Å²) in [6, 6.07) is 7.74. The lowest BCUT2D eigenvalue weighted by molar-refractivity contribution is -0.131. The first-order valence-electron chi connectivity index (χ1n) is 9.50. The fraction of sp³-hybridized carbons (Fsp3) is 0.500. The Morgan fingerprint density at radius 2 is 1.72 bits per heavy atom. The van der Waals surface area contributed by atoms with E-state index in [1.165, 1.54) is 51.4 Å². The molecular formula is C22H30O3. The van der Waals surface area contributed by atoms with Crippen LogP contribution in [0, 0.1) is 5.92 Å². The molecule has 0 unspecified atom stereocenters. The van der Waals surface area contributed by atoms with E-state index in [1.54, 1.807) is 6.08 Å². The van der Waals surface area contributed by atoms with Crippen LogP contribution >= 0.6 is 0 Å². The SMILES string of the molecule is CCCCCC1CCC(OC=Cc2ccc(C=CC(=O)O)cc2)CC1. The van der Waals surface area contributed by atoms with Gasteiger partial charge in [-0.05, 0) is 54.9 Å². The Morgan fingerprint density at radius 3 is 2.32 bits per heavy atom. The van der Waals surface area contributed by atoms with Crippen LogP contribution in [0.1, 0.15) is 69.4 Å². The molecule has 1 fully saturated rings. The van der Waals surface area contributed by atoms with Crippen LogP contribution in [0.2, 0.25) is 0 Å². The molecule has 1 aromatic rings. The molecule has 0 saturated heterocycles. The van der Waals surface area contributed by atoms with E-state index >= 15 is 0 Å². The Morgan fingerprint density at radius 1 is 1.08 bits per heavy atom. The molecule has 2 rings (SSSR count). The lowest BCUT2D eigenvalue weighted by Gasteiger charge is -2.28. The van der Waals surface area contributed by atoms with Crippen LogP contribution in [-0.2, 0) is 9.53 Å². The van der Waals surface area contributed by atoms with Gasteiger partial charge in [-0.3, -0.25) is 0 Å². The molecule has 0 amide bonds. The molecule has 0 radical (unpaired) electrons. The number of carbonyl (C=O) groups is 1. The zero-order chi connectivity index (χ0) is 17.9. The topological polar surface area (TPSA) is 46.5 Å². The summed E-state index contributed by atoms with van der Waals surface area (Å²) in [5.41, 5.74) is 1.93. The third kappa shape index (κ3) is 7.59. The van der Waals surface area contributed by atoms with Crippen molar-refractivity contribution >= 4 is 18.1 Å². The number of unbranched alkanes of at least 4 members (excludes halogenated alkanes) is 2. The number of rotatable bonds is 9. The minimum atomic E-state index is -0.933. The Balaban J connectivity index is 1.70. The van der Waals surface area contributed by atoms with E-state index in [9.17, 15) is 4.79 Å². The van der Waals surface area contributed by atoms with Crippen LogP contribution in [0.5, 0.6) is 0 Å². The van der Waals surface area contributed by atoms with E-state index in [2.05, 4.69) is 6.92 Å². The zero-order valence-electron chi connectivity index (χ0n) is 15.2. The van der Waals surface area contributed by atoms with Crippen molar-refractivity contribution in [2.24, 2.45) is 5.92 Å². The number of carboxylic acid groups (broad SMARTS) is 1. The standard InChI is InChI=1S/C22H30O3/c1-2-3-4-5-18-10-13-21(14-11-18)25-17-16-20-8-6-19(7-9-20)12-15-22(23)24/h6-9,12,15-18,21H,2-5,10-11,13-14H2,1H3,(H,23,24). The lowest BCUT2D eigenvalue weighted by atomic mass is 9.84. The minimum absolute atomic E-state index is 0.358. The van der Waals surface area contributed by atoms with Crippen molar-refractivity contribution in [3.63, 3.8) is 0 Å². The van der Waals surface area contributed by atoms with Crippen LogP contribution in [0.4, 0.5) is 0 Å². The van der Waals surface area contributed by atoms with Crippen LogP contribution in [0.3, 0.4) is 0 Å². The Labute approximate surface area is 151 Å². The average Bonchev–Trinajstić information content (AvgIpc) is 2.62. The second-order valence-electron chi connectivity index (χ2n) is 6.92. The number of carboxylic acids is 1. The van der Waals surface area contributed by atoms with Gasteiger partial charge in [0.15, 0.2) is 0 Å². The number of aliphatic carboxylic acids is 1. The van der Waals surface area contributed by atoms with Gasteiger partial charge in [0.25, 0.3) is 0 Å². The molecule has 1 N–H and O–H groups in total. The summed E-state index contributed by atoms with van der Waals surface area (Å²) < 4.78 is 5.90. The lowest BCUT2D eigenvalue weighted by Crippen LogP contribution is -2.19. The third-order valence-electron chi connectivity index (χ3n) is 4.90. The van der Waals surface area contributed by atoms with Crippen LogP contribution in [-0.4, -0.2) is 17.2 Å². The summed E-state index contributed by atoms with van der Waals surface area (Å²) in [6.07, 6.45) is 17.2. The van der Waals surface area contributed by atoms with Gasteiger partial charge in [0.1, 0.15) is 0 Å². The van der Waals surface area contributed by atoms with Gasteiger partial charge >= 0.3 is 5.97 Å². The normalized spacial score (nSPS) is 21.0. The van der Waals surface area contributed by atoms with Crippen molar-refractivity contribution in [3.05, 3.63) is 47.7 Å². The molecule has 1 aliphatic rings. The highest BCUT2D eigenvalue weighted by Gasteiger charge is 2.20. The molecule has 1 aliphatic carbocycles. The first kappa shape index (κ1) is 19.3. The summed E-state index contributed by atoms with van der Waals surface area (Å²) in [5, 5.41) is 8.63. The third-order valence-corrected chi connectivity index (χ3v) is 4.90. The van der Waals surface area contributed by atoms with E-state index in [4.69, 9.17) is 9.84 Å². The molecule has 1 saturated carbocycles. The van der Waals surface area contributed by atoms with Crippen LogP contribution in [0.25, 0.3) is 12.2 Å². The molecule has 25 heavy (non-hydrogen) atoms. The fourth-order valence-electron chi connectivity index (χ4n) is 3.35. The molecule has 3 heteroatoms. The summed E-state index contributed by atoms with van der Waals surface area (Å²) in [5.74, 6) is -0.0285. The maximum absolute atomic E-state index is 10.5. The molecule has 0 heterocycles. The second kappa shape index (κ2) is 10.8. The number of hydrogen-bond donors (Lipinski definition) is 1. The van der Waals surface area contributed by atoms with E-state index in [0.29, 0.717) is 6.10 Å². The monoisotopic (exact) mass is 342 g/mol. The van der Waals surface area contributed by atoms with Gasteiger partial charge in [-0.1, -0.05) is 56.9 Å². The van der Waals surface area contributed by atoms with E-state index in [1.807, 2.05) is 36.6 Å². The smallest absolute Gasteiger partial charge is 0.328 e. The van der Waals surface area contributed by atoms with Gasteiger partial charge in [0.2, 0.25) is 0 Å². The van der Waals surface area contributed by atoms with Crippen molar-refractivity contribution in [3.8, 4) is 0 Å². The van der Waals surface area contributed by atoms with Gasteiger partial charge in [-0.25, -0.2) is 4.79 Å². The van der Waals surface area contributed by atoms with E-state index < -0.39 is 5.97 Å². The fourth-order valence-corrected chi connectivity index (χ4v) is 3.35. The van der Waals surface area contributed by atoms with Crippen molar-refractivity contribution in [1.82, 2.24) is 0 Å². The molecule has 0 bridgehead atoms. The number of hydrogen-bond acceptors (Lipinski definition) is 2. The summed E-state index contributed by atoms with van der Waals surface area (Å²) in [7, 11) is 0. The van der Waals surface area contributed by atoms with Gasteiger partial charge < -0.3 is 9.84 Å². The first-order valence-corrected chi connectivity index (χ1v) is 9.50. The van der Waals surface area contributed by atoms with Crippen LogP contribution in [0.15, 0.2) is 36.6 Å². The Hall–Kier alpha value is -2.03. The molecule has 0 aliphatic heterocycles. The van der Waals surface area contributed by atoms with Gasteiger partial charge in [0, 0.05) is 6.08 Å². The molecule has 1 aromatic carbocycles. The predicted octanol–water partition coefficient (Wildman–Crippen LogP) is 5.91. The minimum Gasteiger partial charge on any atom is -0.498 e. The van der Waals surface area contributed by atoms with Gasteiger partial charge in [-0.15, -0.1) is 0 Å². The second-order valence-corrected chi connectivity index (χ2v) is 6.92. The van der Waals surface area contributed by atoms with Gasteiger partial charge in [-0.2, -0.15) is 0 Å². The highest BCUT2D eigenvalue weighted by molar-refractivity contribution is 5.85. The summed E-state index contributed by atoms with van der Waals surface area (Å²) in [4.78, 5) is 10.5. The number of benzene rings is 1. The van der Waals surface area contributed by atoms with E-state index in [0.717, 1.165) is 23.1 Å². The molecule has 0 atom stereocenters. The summed E-state index contributed by atoms with van der Waals surface area (Å²) >= 11 is 0. The Kier molecular flexibility index (Phi) is 8.30. The molecule has 0 spiro atoms. The van der Waals surface area contributed by atoms with Gasteiger partial charge in [0.05, 0.1) is 12.4 Å². The van der Waals surface area contributed by atoms with Crippen molar-refractivity contribution in [1.29, 1.82) is 0 Å². The molecule has 136 valence electrons. The first-order chi connectivity index (χ1) is 12.2.